The molecule has 0 bridgehead atoms. The molecular weight excluding hydrogens is 122 g/mol. The van der Waals surface area contributed by atoms with E-state index in [4.69, 9.17) is 0 Å². The van der Waals surface area contributed by atoms with Crippen LogP contribution in [0.2, 0.25) is 0 Å². The molecule has 0 saturated heterocycles. The number of rotatable bonds is 0. The van der Waals surface area contributed by atoms with Gasteiger partial charge in [-0.25, -0.2) is 0 Å². The fraction of sp³-hybridized carbons (Fsp3) is 1.00. The minimum atomic E-state index is 1.25. The lowest BCUT2D eigenvalue weighted by Crippen LogP contribution is -1.89. The molecule has 0 spiro atoms. The molecular formula is C9H27N. The zero-order chi connectivity index (χ0) is 9.41. The van der Waals surface area contributed by atoms with E-state index in [1.807, 2.05) is 41.8 Å². The molecule has 0 aromatic carbocycles. The molecule has 1 N–H and O–H groups in total. The highest BCUT2D eigenvalue weighted by atomic mass is 14.7. The highest BCUT2D eigenvalue weighted by molar-refractivity contribution is 3.92. The predicted octanol–water partition coefficient (Wildman–Crippen LogP) is 3.30. The zero-order valence-corrected chi connectivity index (χ0v) is 9.21. The van der Waals surface area contributed by atoms with Crippen molar-refractivity contribution in [1.29, 1.82) is 0 Å². The molecule has 0 radical (unpaired) electrons. The largest absolute Gasteiger partial charge is 0.323 e. The number of hydrogen-bond acceptors (Lipinski definition) is 1. The van der Waals surface area contributed by atoms with Crippen LogP contribution in [-0.2, 0) is 0 Å². The summed E-state index contributed by atoms with van der Waals surface area (Å²) in [5.74, 6) is 0. The first-order valence-corrected chi connectivity index (χ1v) is 4.41. The van der Waals surface area contributed by atoms with Gasteiger partial charge < -0.3 is 5.32 Å². The number of hydrogen-bond donors (Lipinski definition) is 1. The van der Waals surface area contributed by atoms with Gasteiger partial charge in [0.25, 0.3) is 0 Å². The molecule has 0 rings (SSSR count). The van der Waals surface area contributed by atoms with E-state index in [1.54, 1.807) is 0 Å². The van der Waals surface area contributed by atoms with Crippen molar-refractivity contribution in [2.75, 3.05) is 14.1 Å². The van der Waals surface area contributed by atoms with Crippen molar-refractivity contribution < 1.29 is 0 Å². The topological polar surface area (TPSA) is 12.0 Å². The van der Waals surface area contributed by atoms with E-state index in [0.29, 0.717) is 0 Å². The van der Waals surface area contributed by atoms with Gasteiger partial charge in [0.15, 0.2) is 0 Å². The summed E-state index contributed by atoms with van der Waals surface area (Å²) < 4.78 is 0. The molecule has 0 heterocycles. The lowest BCUT2D eigenvalue weighted by atomic mass is 10.6. The van der Waals surface area contributed by atoms with Gasteiger partial charge in [-0.15, -0.1) is 0 Å². The van der Waals surface area contributed by atoms with Gasteiger partial charge in [-0.2, -0.15) is 0 Å². The summed E-state index contributed by atoms with van der Waals surface area (Å²) in [5.41, 5.74) is 0. The van der Waals surface area contributed by atoms with Crippen LogP contribution in [0.25, 0.3) is 0 Å². The first-order chi connectivity index (χ1) is 4.83. The van der Waals surface area contributed by atoms with E-state index >= 15 is 0 Å². The van der Waals surface area contributed by atoms with Gasteiger partial charge in [-0.1, -0.05) is 48.0 Å². The Labute approximate surface area is 68.2 Å². The van der Waals surface area contributed by atoms with E-state index in [0.717, 1.165) is 0 Å². The monoisotopic (exact) mass is 149 g/mol. The summed E-state index contributed by atoms with van der Waals surface area (Å²) >= 11 is 0. The lowest BCUT2D eigenvalue weighted by Gasteiger charge is -1.59. The maximum atomic E-state index is 2.75. The molecule has 68 valence electrons. The molecule has 10 heavy (non-hydrogen) atoms. The van der Waals surface area contributed by atoms with Crippen molar-refractivity contribution in [2.45, 2.75) is 48.0 Å². The van der Waals surface area contributed by atoms with Crippen LogP contribution in [-0.4, -0.2) is 14.1 Å². The van der Waals surface area contributed by atoms with Crippen LogP contribution in [0, 0.1) is 0 Å². The molecule has 0 aliphatic rings. The van der Waals surface area contributed by atoms with Crippen LogP contribution in [0.4, 0.5) is 0 Å². The van der Waals surface area contributed by atoms with Crippen LogP contribution >= 0.6 is 0 Å². The van der Waals surface area contributed by atoms with Gasteiger partial charge in [0.2, 0.25) is 0 Å². The minimum Gasteiger partial charge on any atom is -0.323 e. The van der Waals surface area contributed by atoms with Crippen molar-refractivity contribution in [3.05, 3.63) is 0 Å². The molecule has 0 saturated carbocycles. The van der Waals surface area contributed by atoms with E-state index in [-0.39, 0.29) is 0 Å². The van der Waals surface area contributed by atoms with Crippen LogP contribution in [0.3, 0.4) is 0 Å². The smallest absolute Gasteiger partial charge is 0.0167 e. The fourth-order valence-corrected chi connectivity index (χ4v) is 0. The Morgan fingerprint density at radius 3 is 0.800 bits per heavy atom. The first-order valence-electron chi connectivity index (χ1n) is 4.41. The lowest BCUT2D eigenvalue weighted by molar-refractivity contribution is 1.02. The Morgan fingerprint density at radius 1 is 0.800 bits per heavy atom. The molecule has 1 heteroatoms. The third-order valence-corrected chi connectivity index (χ3v) is 0. The molecule has 0 aromatic heterocycles. The quantitative estimate of drug-likeness (QED) is 0.557. The van der Waals surface area contributed by atoms with Crippen LogP contribution in [0.15, 0.2) is 0 Å². The third kappa shape index (κ3) is 241000. The van der Waals surface area contributed by atoms with Gasteiger partial charge in [0.05, 0.1) is 0 Å². The van der Waals surface area contributed by atoms with Gasteiger partial charge in [-0.05, 0) is 14.1 Å². The van der Waals surface area contributed by atoms with Crippen molar-refractivity contribution >= 4 is 0 Å². The second-order valence-corrected chi connectivity index (χ2v) is 1.21. The first kappa shape index (κ1) is 22.5. The van der Waals surface area contributed by atoms with Gasteiger partial charge in [0, 0.05) is 0 Å². The van der Waals surface area contributed by atoms with E-state index in [1.165, 1.54) is 6.42 Å². The minimum absolute atomic E-state index is 1.25. The summed E-state index contributed by atoms with van der Waals surface area (Å²) in [6.45, 7) is 12.2. The normalized spacial score (nSPS) is 4.80. The maximum Gasteiger partial charge on any atom is -0.0167 e. The Morgan fingerprint density at radius 2 is 0.800 bits per heavy atom. The second kappa shape index (κ2) is 148. The summed E-state index contributed by atoms with van der Waals surface area (Å²) in [4.78, 5) is 0. The van der Waals surface area contributed by atoms with E-state index < -0.39 is 0 Å². The highest BCUT2D eigenvalue weighted by Crippen LogP contribution is 1.56. The average Bonchev–Trinajstić information content (AvgIpc) is 1.99. The molecule has 1 nitrogen and oxygen atoms in total. The molecule has 0 aromatic rings. The standard InChI is InChI=1S/C3H8.C2H7N.2C2H6/c2*1-3-2;2*1-2/h3H2,1-2H3;3H,1-2H3;2*1-2H3. The van der Waals surface area contributed by atoms with Crippen LogP contribution in [0.1, 0.15) is 48.0 Å². The average molecular weight is 149 g/mol. The Bertz CT molecular complexity index is 6.69. The third-order valence-electron chi connectivity index (χ3n) is 0. The Balaban J connectivity index is -0.0000000246. The Hall–Kier alpha value is -0.0400. The maximum absolute atomic E-state index is 2.75. The summed E-state index contributed by atoms with van der Waals surface area (Å²) in [6, 6.07) is 0. The SMILES string of the molecule is CC.CC.CCC.CNC. The molecule has 0 amide bonds. The molecule has 0 atom stereocenters. The van der Waals surface area contributed by atoms with Crippen molar-refractivity contribution in [2.24, 2.45) is 0 Å². The van der Waals surface area contributed by atoms with Gasteiger partial charge >= 0.3 is 0 Å². The molecule has 0 aliphatic carbocycles. The number of nitrogens with one attached hydrogen (secondary N) is 1. The zero-order valence-electron chi connectivity index (χ0n) is 9.21. The molecule has 0 fully saturated rings. The summed E-state index contributed by atoms with van der Waals surface area (Å²) in [5, 5.41) is 2.75. The fourth-order valence-electron chi connectivity index (χ4n) is 0. The van der Waals surface area contributed by atoms with E-state index in [9.17, 15) is 0 Å². The van der Waals surface area contributed by atoms with E-state index in [2.05, 4.69) is 19.2 Å². The highest BCUT2D eigenvalue weighted by Gasteiger charge is 1.35. The molecule has 0 unspecified atom stereocenters. The van der Waals surface area contributed by atoms with Crippen LogP contribution in [0.5, 0.6) is 0 Å². The van der Waals surface area contributed by atoms with Crippen molar-refractivity contribution in [1.82, 2.24) is 5.32 Å². The predicted molar refractivity (Wildman–Crippen MR) is 53.6 cm³/mol. The Kier molecular flexibility index (Phi) is 333. The summed E-state index contributed by atoms with van der Waals surface area (Å²) in [7, 11) is 3.75. The molecule has 0 aliphatic heterocycles. The van der Waals surface area contributed by atoms with Gasteiger partial charge in [-0.3, -0.25) is 0 Å². The van der Waals surface area contributed by atoms with Crippen molar-refractivity contribution in [3.8, 4) is 0 Å². The van der Waals surface area contributed by atoms with Crippen molar-refractivity contribution in [3.63, 3.8) is 0 Å². The van der Waals surface area contributed by atoms with Gasteiger partial charge in [0.1, 0.15) is 0 Å². The summed E-state index contributed by atoms with van der Waals surface area (Å²) in [6.07, 6.45) is 1.25. The van der Waals surface area contributed by atoms with Crippen LogP contribution < -0.4 is 5.32 Å². The second-order valence-electron chi connectivity index (χ2n) is 1.21.